The average Bonchev–Trinajstić information content (AvgIpc) is 3.23. The van der Waals surface area contributed by atoms with Crippen LogP contribution in [0.2, 0.25) is 0 Å². The van der Waals surface area contributed by atoms with Crippen LogP contribution >= 0.6 is 0 Å². The molecule has 2 aliphatic heterocycles. The Morgan fingerprint density at radius 2 is 1.24 bits per heavy atom. The van der Waals surface area contributed by atoms with Gasteiger partial charge in [0.1, 0.15) is 48.8 Å². The molecule has 2 saturated heterocycles. The van der Waals surface area contributed by atoms with E-state index in [-0.39, 0.29) is 25.7 Å². The molecule has 0 radical (unpaired) electrons. The molecule has 0 aromatic rings. The molecule has 2 fully saturated rings. The number of aliphatic hydroxyl groups excluding tert-OH is 9. The molecular weight excluding hydrogens is 460 g/mol. The summed E-state index contributed by atoms with van der Waals surface area (Å²) in [6.07, 6.45) is -12.0. The molecule has 13 nitrogen and oxygen atoms in total. The number of hydrogen-bond donors (Lipinski definition) is 9. The Morgan fingerprint density at radius 1 is 0.706 bits per heavy atom. The summed E-state index contributed by atoms with van der Waals surface area (Å²) in [4.78, 5) is 0. The van der Waals surface area contributed by atoms with Crippen molar-refractivity contribution in [1.29, 1.82) is 0 Å². The second kappa shape index (κ2) is 12.5. The molecule has 2 heterocycles. The first-order chi connectivity index (χ1) is 16.2. The molecule has 34 heavy (non-hydrogen) atoms. The predicted molar refractivity (Wildman–Crippen MR) is 111 cm³/mol. The van der Waals surface area contributed by atoms with Gasteiger partial charge in [0, 0.05) is 5.92 Å². The van der Waals surface area contributed by atoms with Crippen molar-refractivity contribution in [1.82, 2.24) is 0 Å². The van der Waals surface area contributed by atoms with Crippen LogP contribution in [0, 0.1) is 5.92 Å². The van der Waals surface area contributed by atoms with Gasteiger partial charge in [-0.3, -0.25) is 0 Å². The summed E-state index contributed by atoms with van der Waals surface area (Å²) in [5.74, 6) is -0.195. The zero-order valence-corrected chi connectivity index (χ0v) is 18.7. The van der Waals surface area contributed by atoms with Gasteiger partial charge in [0.15, 0.2) is 12.6 Å². The molecule has 0 amide bonds. The third kappa shape index (κ3) is 5.95. The smallest absolute Gasteiger partial charge is 0.186 e. The van der Waals surface area contributed by atoms with E-state index in [4.69, 9.17) is 18.9 Å². The van der Waals surface area contributed by atoms with Gasteiger partial charge in [-0.1, -0.05) is 5.57 Å². The largest absolute Gasteiger partial charge is 0.394 e. The number of aliphatic hydroxyl groups is 9. The van der Waals surface area contributed by atoms with Crippen molar-refractivity contribution < 1.29 is 64.9 Å². The molecule has 0 aromatic carbocycles. The first-order valence-electron chi connectivity index (χ1n) is 11.4. The number of ether oxygens (including phenoxy) is 4. The Kier molecular flexibility index (Phi) is 10.2. The van der Waals surface area contributed by atoms with Crippen molar-refractivity contribution in [3.63, 3.8) is 0 Å². The van der Waals surface area contributed by atoms with Gasteiger partial charge in [-0.2, -0.15) is 0 Å². The summed E-state index contributed by atoms with van der Waals surface area (Å²) < 4.78 is 21.8. The molecule has 0 bridgehead atoms. The monoisotopic (exact) mass is 496 g/mol. The maximum absolute atomic E-state index is 10.1. The van der Waals surface area contributed by atoms with Gasteiger partial charge in [0.05, 0.1) is 33.0 Å². The fourth-order valence-electron chi connectivity index (χ4n) is 4.60. The lowest BCUT2D eigenvalue weighted by atomic mass is 9.99. The van der Waals surface area contributed by atoms with E-state index in [1.54, 1.807) is 0 Å². The highest BCUT2D eigenvalue weighted by Crippen LogP contribution is 2.35. The molecule has 13 heteroatoms. The van der Waals surface area contributed by atoms with Gasteiger partial charge >= 0.3 is 0 Å². The molecule has 3 rings (SSSR count). The van der Waals surface area contributed by atoms with Crippen molar-refractivity contribution in [2.24, 2.45) is 5.92 Å². The summed E-state index contributed by atoms with van der Waals surface area (Å²) in [7, 11) is 0. The molecule has 0 saturated carbocycles. The molecule has 3 aliphatic rings. The van der Waals surface area contributed by atoms with E-state index in [1.165, 1.54) is 0 Å². The van der Waals surface area contributed by atoms with E-state index >= 15 is 0 Å². The van der Waals surface area contributed by atoms with Crippen LogP contribution < -0.4 is 0 Å². The summed E-state index contributed by atoms with van der Waals surface area (Å²) >= 11 is 0. The lowest BCUT2D eigenvalue weighted by Crippen LogP contribution is -2.59. The van der Waals surface area contributed by atoms with Gasteiger partial charge in [-0.05, 0) is 24.8 Å². The molecule has 11 unspecified atom stereocenters. The van der Waals surface area contributed by atoms with Crippen molar-refractivity contribution in [2.75, 3.05) is 33.0 Å². The van der Waals surface area contributed by atoms with Crippen LogP contribution in [0.15, 0.2) is 11.1 Å². The maximum atomic E-state index is 10.1. The Hall–Kier alpha value is -0.780. The second-order valence-electron chi connectivity index (χ2n) is 8.87. The maximum Gasteiger partial charge on any atom is 0.186 e. The lowest BCUT2D eigenvalue weighted by Gasteiger charge is -2.40. The highest BCUT2D eigenvalue weighted by atomic mass is 16.7. The molecular formula is C21H36O13. The van der Waals surface area contributed by atoms with Crippen molar-refractivity contribution in [3.8, 4) is 0 Å². The SMILES string of the molecule is OCC1=C(CCOC2OC(CO)C(O)C(O)C2O)CCC1COC1OC(CO)C(O)C(O)C1O. The minimum atomic E-state index is -1.54. The Labute approximate surface area is 196 Å². The topological polar surface area (TPSA) is 219 Å². The molecule has 198 valence electrons. The van der Waals surface area contributed by atoms with E-state index in [0.717, 1.165) is 11.1 Å². The predicted octanol–water partition coefficient (Wildman–Crippen LogP) is -4.29. The van der Waals surface area contributed by atoms with Crippen molar-refractivity contribution in [2.45, 2.75) is 80.7 Å². The fraction of sp³-hybridized carbons (Fsp3) is 0.905. The standard InChI is InChI=1S/C21H36O13/c22-5-11-9(3-4-31-20-18(29)16(27)14(25)12(6-23)33-20)1-2-10(11)8-32-21-19(30)17(28)15(26)13(7-24)34-21/h10,12-30H,1-8H2. The molecule has 0 aromatic heterocycles. The number of hydrogen-bond acceptors (Lipinski definition) is 13. The highest BCUT2D eigenvalue weighted by molar-refractivity contribution is 5.23. The van der Waals surface area contributed by atoms with Crippen LogP contribution in [0.25, 0.3) is 0 Å². The van der Waals surface area contributed by atoms with E-state index < -0.39 is 74.6 Å². The molecule has 0 spiro atoms. The van der Waals surface area contributed by atoms with E-state index in [1.807, 2.05) is 0 Å². The van der Waals surface area contributed by atoms with E-state index in [0.29, 0.717) is 19.3 Å². The van der Waals surface area contributed by atoms with Crippen molar-refractivity contribution in [3.05, 3.63) is 11.1 Å². The summed E-state index contributed by atoms with van der Waals surface area (Å²) in [6, 6.07) is 0. The quantitative estimate of drug-likeness (QED) is 0.131. The third-order valence-corrected chi connectivity index (χ3v) is 6.76. The van der Waals surface area contributed by atoms with Crippen molar-refractivity contribution >= 4 is 0 Å². The van der Waals surface area contributed by atoms with Gasteiger partial charge in [-0.25, -0.2) is 0 Å². The van der Waals surface area contributed by atoms with E-state index in [9.17, 15) is 46.0 Å². The first-order valence-corrected chi connectivity index (χ1v) is 11.4. The number of rotatable bonds is 10. The molecule has 1 aliphatic carbocycles. The average molecular weight is 497 g/mol. The Balaban J connectivity index is 1.52. The second-order valence-corrected chi connectivity index (χ2v) is 8.87. The minimum absolute atomic E-state index is 0.0651. The highest BCUT2D eigenvalue weighted by Gasteiger charge is 2.45. The van der Waals surface area contributed by atoms with Crippen LogP contribution in [-0.2, 0) is 18.9 Å². The Bertz CT molecular complexity index is 671. The minimum Gasteiger partial charge on any atom is -0.394 e. The lowest BCUT2D eigenvalue weighted by molar-refractivity contribution is -0.302. The van der Waals surface area contributed by atoms with Crippen LogP contribution in [0.3, 0.4) is 0 Å². The van der Waals surface area contributed by atoms with Crippen LogP contribution in [0.1, 0.15) is 19.3 Å². The normalized spacial score (nSPS) is 43.5. The summed E-state index contributed by atoms with van der Waals surface area (Å²) in [5, 5.41) is 88.0. The molecule has 11 atom stereocenters. The molecule has 9 N–H and O–H groups in total. The van der Waals surface area contributed by atoms with Gasteiger partial charge in [0.2, 0.25) is 0 Å². The van der Waals surface area contributed by atoms with Crippen LogP contribution in [0.5, 0.6) is 0 Å². The fourth-order valence-corrected chi connectivity index (χ4v) is 4.60. The first kappa shape index (κ1) is 27.8. The summed E-state index contributed by atoms with van der Waals surface area (Å²) in [6.45, 7) is -1.20. The third-order valence-electron chi connectivity index (χ3n) is 6.76. The Morgan fingerprint density at radius 3 is 1.74 bits per heavy atom. The van der Waals surface area contributed by atoms with Crippen LogP contribution in [-0.4, -0.2) is 140 Å². The zero-order chi connectivity index (χ0) is 25.0. The zero-order valence-electron chi connectivity index (χ0n) is 18.7. The van der Waals surface area contributed by atoms with Gasteiger partial charge in [0.25, 0.3) is 0 Å². The van der Waals surface area contributed by atoms with Gasteiger partial charge in [-0.15, -0.1) is 0 Å². The van der Waals surface area contributed by atoms with Crippen LogP contribution in [0.4, 0.5) is 0 Å². The van der Waals surface area contributed by atoms with Gasteiger partial charge < -0.3 is 64.9 Å². The summed E-state index contributed by atoms with van der Waals surface area (Å²) in [5.41, 5.74) is 1.64. The van der Waals surface area contributed by atoms with E-state index in [2.05, 4.69) is 0 Å².